The van der Waals surface area contributed by atoms with Crippen molar-refractivity contribution in [3.8, 4) is 11.4 Å². The molecule has 3 rings (SSSR count). The Morgan fingerprint density at radius 1 is 1.50 bits per heavy atom. The number of hydrogen-bond acceptors (Lipinski definition) is 4. The Hall–Kier alpha value is -2.21. The van der Waals surface area contributed by atoms with Gasteiger partial charge in [0.15, 0.2) is 5.82 Å². The van der Waals surface area contributed by atoms with Crippen LogP contribution >= 0.6 is 0 Å². The van der Waals surface area contributed by atoms with Crippen LogP contribution in [-0.2, 0) is 11.8 Å². The lowest BCUT2D eigenvalue weighted by atomic mass is 10.0. The first kappa shape index (κ1) is 14.7. The summed E-state index contributed by atoms with van der Waals surface area (Å²) in [6.45, 7) is 2.11. The fourth-order valence-electron chi connectivity index (χ4n) is 2.80. The molecule has 1 unspecified atom stereocenters. The highest BCUT2D eigenvalue weighted by Crippen LogP contribution is 2.21. The maximum absolute atomic E-state index is 12.1. The number of benzene rings is 1. The molecule has 0 saturated carbocycles. The van der Waals surface area contributed by atoms with E-state index >= 15 is 0 Å². The summed E-state index contributed by atoms with van der Waals surface area (Å²) in [7, 11) is 1.90. The molecule has 1 amide bonds. The van der Waals surface area contributed by atoms with E-state index in [-0.39, 0.29) is 5.91 Å². The normalized spacial score (nSPS) is 17.6. The lowest BCUT2D eigenvalue weighted by Gasteiger charge is -2.09. The Morgan fingerprint density at radius 3 is 3.14 bits per heavy atom. The van der Waals surface area contributed by atoms with Gasteiger partial charge in [0.1, 0.15) is 6.33 Å². The molecular weight excluding hydrogens is 278 g/mol. The maximum Gasteiger partial charge on any atom is 0.224 e. The Morgan fingerprint density at radius 2 is 2.41 bits per heavy atom. The Kier molecular flexibility index (Phi) is 4.48. The van der Waals surface area contributed by atoms with Gasteiger partial charge < -0.3 is 15.2 Å². The van der Waals surface area contributed by atoms with Gasteiger partial charge in [-0.25, -0.2) is 0 Å². The molecule has 0 aliphatic carbocycles. The van der Waals surface area contributed by atoms with Crippen LogP contribution in [0.3, 0.4) is 0 Å². The third-order valence-corrected chi connectivity index (χ3v) is 4.06. The fourth-order valence-corrected chi connectivity index (χ4v) is 2.80. The van der Waals surface area contributed by atoms with E-state index < -0.39 is 0 Å². The number of amides is 1. The van der Waals surface area contributed by atoms with Crippen LogP contribution in [0, 0.1) is 5.92 Å². The summed E-state index contributed by atoms with van der Waals surface area (Å²) in [5, 5.41) is 14.3. The van der Waals surface area contributed by atoms with Gasteiger partial charge in [-0.05, 0) is 44.0 Å². The van der Waals surface area contributed by atoms with Crippen molar-refractivity contribution in [2.45, 2.75) is 19.3 Å². The number of rotatable bonds is 5. The van der Waals surface area contributed by atoms with Crippen LogP contribution in [0.2, 0.25) is 0 Å². The summed E-state index contributed by atoms with van der Waals surface area (Å²) in [4.78, 5) is 12.1. The molecule has 1 atom stereocenters. The molecule has 2 aromatic rings. The molecule has 22 heavy (non-hydrogen) atoms. The molecule has 0 spiro atoms. The van der Waals surface area contributed by atoms with Crippen molar-refractivity contribution in [1.82, 2.24) is 20.1 Å². The summed E-state index contributed by atoms with van der Waals surface area (Å²) in [5.74, 6) is 1.49. The van der Waals surface area contributed by atoms with Gasteiger partial charge in [-0.15, -0.1) is 10.2 Å². The number of anilines is 1. The Balaban J connectivity index is 1.60. The monoisotopic (exact) mass is 299 g/mol. The van der Waals surface area contributed by atoms with Gasteiger partial charge in [-0.3, -0.25) is 4.79 Å². The highest BCUT2D eigenvalue weighted by atomic mass is 16.1. The molecule has 1 aliphatic heterocycles. The number of carbonyl (C=O) groups excluding carboxylic acids is 1. The van der Waals surface area contributed by atoms with E-state index in [1.807, 2.05) is 35.9 Å². The van der Waals surface area contributed by atoms with E-state index in [1.165, 1.54) is 6.42 Å². The third kappa shape index (κ3) is 3.51. The maximum atomic E-state index is 12.1. The molecule has 1 aliphatic rings. The first-order valence-electron chi connectivity index (χ1n) is 7.67. The zero-order chi connectivity index (χ0) is 15.4. The van der Waals surface area contributed by atoms with Crippen molar-refractivity contribution >= 4 is 11.6 Å². The van der Waals surface area contributed by atoms with E-state index in [1.54, 1.807) is 6.33 Å². The second-order valence-electron chi connectivity index (χ2n) is 5.79. The van der Waals surface area contributed by atoms with Crippen molar-refractivity contribution in [2.75, 3.05) is 18.4 Å². The zero-order valence-corrected chi connectivity index (χ0v) is 12.7. The minimum absolute atomic E-state index is 0.0713. The molecule has 2 heterocycles. The molecule has 1 aromatic carbocycles. The van der Waals surface area contributed by atoms with Crippen molar-refractivity contribution in [3.05, 3.63) is 30.6 Å². The molecule has 0 radical (unpaired) electrons. The summed E-state index contributed by atoms with van der Waals surface area (Å²) >= 11 is 0. The number of carbonyl (C=O) groups is 1. The topological polar surface area (TPSA) is 71.8 Å². The molecule has 1 fully saturated rings. The van der Waals surface area contributed by atoms with Crippen molar-refractivity contribution < 1.29 is 4.79 Å². The third-order valence-electron chi connectivity index (χ3n) is 4.06. The number of aromatic nitrogens is 3. The molecular formula is C16H21N5O. The van der Waals surface area contributed by atoms with Crippen LogP contribution in [0.5, 0.6) is 0 Å². The predicted octanol–water partition coefficient (Wildman–Crippen LogP) is 1.81. The Labute approximate surface area is 129 Å². The SMILES string of the molecule is Cn1cnnc1-c1cccc(NC(=O)CCC2CCNC2)c1. The molecule has 6 nitrogen and oxygen atoms in total. The molecule has 1 aromatic heterocycles. The lowest BCUT2D eigenvalue weighted by Crippen LogP contribution is -2.15. The van der Waals surface area contributed by atoms with Crippen LogP contribution in [0.4, 0.5) is 5.69 Å². The highest BCUT2D eigenvalue weighted by molar-refractivity contribution is 5.91. The average molecular weight is 299 g/mol. The van der Waals surface area contributed by atoms with Gasteiger partial charge in [0, 0.05) is 24.7 Å². The summed E-state index contributed by atoms with van der Waals surface area (Å²) in [6, 6.07) is 7.71. The second kappa shape index (κ2) is 6.70. The standard InChI is InChI=1S/C16H21N5O/c1-21-11-18-20-16(21)13-3-2-4-14(9-13)19-15(22)6-5-12-7-8-17-10-12/h2-4,9,11-12,17H,5-8,10H2,1H3,(H,19,22). The first-order chi connectivity index (χ1) is 10.7. The van der Waals surface area contributed by atoms with Crippen LogP contribution in [0.25, 0.3) is 11.4 Å². The first-order valence-corrected chi connectivity index (χ1v) is 7.67. The van der Waals surface area contributed by atoms with Crippen LogP contribution in [0.15, 0.2) is 30.6 Å². The minimum Gasteiger partial charge on any atom is -0.326 e. The van der Waals surface area contributed by atoms with Crippen molar-refractivity contribution in [3.63, 3.8) is 0 Å². The summed E-state index contributed by atoms with van der Waals surface area (Å²) < 4.78 is 1.86. The van der Waals surface area contributed by atoms with E-state index in [0.717, 1.165) is 36.6 Å². The quantitative estimate of drug-likeness (QED) is 0.883. The number of nitrogens with one attached hydrogen (secondary N) is 2. The highest BCUT2D eigenvalue weighted by Gasteiger charge is 2.15. The van der Waals surface area contributed by atoms with Crippen LogP contribution in [0.1, 0.15) is 19.3 Å². The van der Waals surface area contributed by atoms with Gasteiger partial charge in [0.05, 0.1) is 0 Å². The lowest BCUT2D eigenvalue weighted by molar-refractivity contribution is -0.116. The zero-order valence-electron chi connectivity index (χ0n) is 12.7. The van der Waals surface area contributed by atoms with E-state index in [4.69, 9.17) is 0 Å². The van der Waals surface area contributed by atoms with Crippen molar-refractivity contribution in [1.29, 1.82) is 0 Å². The van der Waals surface area contributed by atoms with Crippen LogP contribution in [-0.4, -0.2) is 33.8 Å². The van der Waals surface area contributed by atoms with Crippen LogP contribution < -0.4 is 10.6 Å². The molecule has 0 bridgehead atoms. The minimum atomic E-state index is 0.0713. The smallest absolute Gasteiger partial charge is 0.224 e. The van der Waals surface area contributed by atoms with E-state index in [9.17, 15) is 4.79 Å². The van der Waals surface area contributed by atoms with Gasteiger partial charge in [-0.1, -0.05) is 12.1 Å². The van der Waals surface area contributed by atoms with Gasteiger partial charge in [-0.2, -0.15) is 0 Å². The van der Waals surface area contributed by atoms with Gasteiger partial charge >= 0.3 is 0 Å². The summed E-state index contributed by atoms with van der Waals surface area (Å²) in [5.41, 5.74) is 1.74. The summed E-state index contributed by atoms with van der Waals surface area (Å²) in [6.07, 6.45) is 4.35. The van der Waals surface area contributed by atoms with Crippen molar-refractivity contribution in [2.24, 2.45) is 13.0 Å². The van der Waals surface area contributed by atoms with E-state index in [2.05, 4.69) is 20.8 Å². The van der Waals surface area contributed by atoms with Gasteiger partial charge in [0.2, 0.25) is 5.91 Å². The predicted molar refractivity (Wildman–Crippen MR) is 85.3 cm³/mol. The molecule has 116 valence electrons. The average Bonchev–Trinajstić information content (AvgIpc) is 3.16. The number of aryl methyl sites for hydroxylation is 1. The second-order valence-corrected chi connectivity index (χ2v) is 5.79. The molecule has 2 N–H and O–H groups in total. The fraction of sp³-hybridized carbons (Fsp3) is 0.438. The Bertz CT molecular complexity index is 645. The molecule has 1 saturated heterocycles. The number of hydrogen-bond donors (Lipinski definition) is 2. The van der Waals surface area contributed by atoms with E-state index in [0.29, 0.717) is 12.3 Å². The van der Waals surface area contributed by atoms with Gasteiger partial charge in [0.25, 0.3) is 0 Å². The largest absolute Gasteiger partial charge is 0.326 e. The number of nitrogens with zero attached hydrogens (tertiary/aromatic N) is 3. The molecule has 6 heteroatoms.